The quantitative estimate of drug-likeness (QED) is 0.346. The van der Waals surface area contributed by atoms with Gasteiger partial charge in [-0.15, -0.1) is 0 Å². The van der Waals surface area contributed by atoms with Crippen LogP contribution >= 0.6 is 0 Å². The number of unbranched alkanes of at least 4 members (excludes halogenated alkanes) is 2. The zero-order valence-electron chi connectivity index (χ0n) is 18.6. The van der Waals surface area contributed by atoms with E-state index in [1.807, 2.05) is 18.2 Å². The summed E-state index contributed by atoms with van der Waals surface area (Å²) < 4.78 is 15.2. The van der Waals surface area contributed by atoms with Gasteiger partial charge in [0.25, 0.3) is 0 Å². The van der Waals surface area contributed by atoms with E-state index in [-0.39, 0.29) is 5.82 Å². The van der Waals surface area contributed by atoms with Crippen LogP contribution in [0.25, 0.3) is 21.9 Å². The molecule has 0 radical (unpaired) electrons. The van der Waals surface area contributed by atoms with E-state index in [2.05, 4.69) is 50.2 Å². The van der Waals surface area contributed by atoms with E-state index >= 15 is 4.39 Å². The SMILES string of the molecule is CCCCCC1CCC(c2ccc(-c3ccc4cc(CC)ccc4c3F)cc2)CC1. The van der Waals surface area contributed by atoms with Crippen LogP contribution in [0.15, 0.2) is 54.6 Å². The molecule has 3 aromatic carbocycles. The van der Waals surface area contributed by atoms with Crippen LogP contribution in [0.4, 0.5) is 4.39 Å². The van der Waals surface area contributed by atoms with Gasteiger partial charge < -0.3 is 0 Å². The predicted molar refractivity (Wildman–Crippen MR) is 128 cm³/mol. The standard InChI is InChI=1S/C29H35F/c1-3-5-6-7-22-8-11-23(12-9-22)24-13-15-25(16-14-24)27-19-17-26-20-21(4-2)10-18-28(26)29(27)30/h10,13-20,22-23H,3-9,11-12H2,1-2H3. The molecule has 0 aliphatic heterocycles. The van der Waals surface area contributed by atoms with Gasteiger partial charge in [-0.3, -0.25) is 0 Å². The van der Waals surface area contributed by atoms with Gasteiger partial charge in [0.2, 0.25) is 0 Å². The topological polar surface area (TPSA) is 0 Å². The fourth-order valence-electron chi connectivity index (χ4n) is 5.19. The van der Waals surface area contributed by atoms with Crippen LogP contribution in [0.2, 0.25) is 0 Å². The van der Waals surface area contributed by atoms with Crippen LogP contribution in [0.1, 0.15) is 82.3 Å². The van der Waals surface area contributed by atoms with Crippen molar-refractivity contribution < 1.29 is 4.39 Å². The molecular formula is C29H35F. The van der Waals surface area contributed by atoms with Crippen molar-refractivity contribution in [1.82, 2.24) is 0 Å². The molecule has 0 atom stereocenters. The van der Waals surface area contributed by atoms with Crippen LogP contribution in [0.5, 0.6) is 0 Å². The Morgan fingerprint density at radius 3 is 2.30 bits per heavy atom. The van der Waals surface area contributed by atoms with Crippen molar-refractivity contribution in [3.63, 3.8) is 0 Å². The second kappa shape index (κ2) is 9.77. The van der Waals surface area contributed by atoms with E-state index < -0.39 is 0 Å². The van der Waals surface area contributed by atoms with Crippen LogP contribution in [0, 0.1) is 11.7 Å². The number of benzene rings is 3. The number of rotatable bonds is 7. The summed E-state index contributed by atoms with van der Waals surface area (Å²) in [6.07, 6.45) is 11.8. The minimum Gasteiger partial charge on any atom is -0.206 e. The smallest absolute Gasteiger partial charge is 0.138 e. The zero-order chi connectivity index (χ0) is 20.9. The number of fused-ring (bicyclic) bond motifs is 1. The highest BCUT2D eigenvalue weighted by molar-refractivity contribution is 5.88. The van der Waals surface area contributed by atoms with Crippen LogP contribution in [-0.2, 0) is 6.42 Å². The molecule has 0 spiro atoms. The van der Waals surface area contributed by atoms with Gasteiger partial charge in [0.05, 0.1) is 0 Å². The van der Waals surface area contributed by atoms with Gasteiger partial charge in [-0.2, -0.15) is 0 Å². The third-order valence-corrected chi connectivity index (χ3v) is 7.18. The summed E-state index contributed by atoms with van der Waals surface area (Å²) >= 11 is 0. The monoisotopic (exact) mass is 402 g/mol. The Morgan fingerprint density at radius 2 is 1.60 bits per heavy atom. The normalized spacial score (nSPS) is 19.3. The molecule has 30 heavy (non-hydrogen) atoms. The number of hydrogen-bond acceptors (Lipinski definition) is 0. The maximum Gasteiger partial charge on any atom is 0.138 e. The highest BCUT2D eigenvalue weighted by Gasteiger charge is 2.22. The molecule has 1 fully saturated rings. The molecule has 0 bridgehead atoms. The first kappa shape index (κ1) is 21.1. The summed E-state index contributed by atoms with van der Waals surface area (Å²) in [5, 5.41) is 1.71. The third kappa shape index (κ3) is 4.61. The Bertz CT molecular complexity index is 962. The predicted octanol–water partition coefficient (Wildman–Crippen LogP) is 9.06. The molecule has 0 saturated heterocycles. The lowest BCUT2D eigenvalue weighted by atomic mass is 9.77. The van der Waals surface area contributed by atoms with Crippen LogP contribution < -0.4 is 0 Å². The summed E-state index contributed by atoms with van der Waals surface area (Å²) in [7, 11) is 0. The molecule has 1 aliphatic rings. The summed E-state index contributed by atoms with van der Waals surface area (Å²) in [4.78, 5) is 0. The summed E-state index contributed by atoms with van der Waals surface area (Å²) in [6, 6.07) is 18.8. The van der Waals surface area contributed by atoms with Crippen molar-refractivity contribution in [2.75, 3.05) is 0 Å². The van der Waals surface area contributed by atoms with E-state index in [1.165, 1.54) is 62.5 Å². The van der Waals surface area contributed by atoms with Crippen LogP contribution in [0.3, 0.4) is 0 Å². The second-order valence-electron chi connectivity index (χ2n) is 9.17. The first-order chi connectivity index (χ1) is 14.7. The summed E-state index contributed by atoms with van der Waals surface area (Å²) in [6.45, 7) is 4.42. The van der Waals surface area contributed by atoms with Crippen molar-refractivity contribution >= 4 is 10.8 Å². The zero-order valence-corrected chi connectivity index (χ0v) is 18.6. The first-order valence-corrected chi connectivity index (χ1v) is 12.0. The second-order valence-corrected chi connectivity index (χ2v) is 9.17. The van der Waals surface area contributed by atoms with E-state index in [4.69, 9.17) is 0 Å². The average Bonchev–Trinajstić information content (AvgIpc) is 2.80. The molecular weight excluding hydrogens is 367 g/mol. The maximum absolute atomic E-state index is 15.2. The minimum atomic E-state index is -0.101. The molecule has 1 heteroatoms. The van der Waals surface area contributed by atoms with E-state index in [0.717, 1.165) is 28.7 Å². The van der Waals surface area contributed by atoms with Crippen molar-refractivity contribution in [1.29, 1.82) is 0 Å². The summed E-state index contributed by atoms with van der Waals surface area (Å²) in [5.41, 5.74) is 4.36. The Labute approximate surface area is 181 Å². The largest absolute Gasteiger partial charge is 0.206 e. The Hall–Kier alpha value is -2.15. The molecule has 3 aromatic rings. The Balaban J connectivity index is 1.46. The maximum atomic E-state index is 15.2. The lowest BCUT2D eigenvalue weighted by molar-refractivity contribution is 0.303. The molecule has 0 unspecified atom stereocenters. The fraction of sp³-hybridized carbons (Fsp3) is 0.448. The molecule has 4 rings (SSSR count). The molecule has 0 heterocycles. The first-order valence-electron chi connectivity index (χ1n) is 12.0. The highest BCUT2D eigenvalue weighted by Crippen LogP contribution is 2.38. The van der Waals surface area contributed by atoms with E-state index in [1.54, 1.807) is 0 Å². The number of aryl methyl sites for hydroxylation is 1. The van der Waals surface area contributed by atoms with Gasteiger partial charge >= 0.3 is 0 Å². The summed E-state index contributed by atoms with van der Waals surface area (Å²) in [5.74, 6) is 1.51. The van der Waals surface area contributed by atoms with E-state index in [0.29, 0.717) is 11.5 Å². The van der Waals surface area contributed by atoms with Gasteiger partial charge in [-0.05, 0) is 66.0 Å². The Morgan fingerprint density at radius 1 is 0.833 bits per heavy atom. The van der Waals surface area contributed by atoms with Gasteiger partial charge in [0.1, 0.15) is 5.82 Å². The molecule has 1 aliphatic carbocycles. The minimum absolute atomic E-state index is 0.101. The van der Waals surface area contributed by atoms with Crippen molar-refractivity contribution in [2.45, 2.75) is 77.6 Å². The Kier molecular flexibility index (Phi) is 6.87. The van der Waals surface area contributed by atoms with E-state index in [9.17, 15) is 0 Å². The lowest BCUT2D eigenvalue weighted by Gasteiger charge is -2.29. The van der Waals surface area contributed by atoms with Gasteiger partial charge in [0, 0.05) is 10.9 Å². The number of hydrogen-bond donors (Lipinski definition) is 0. The van der Waals surface area contributed by atoms with Crippen LogP contribution in [-0.4, -0.2) is 0 Å². The number of halogens is 1. The lowest BCUT2D eigenvalue weighted by Crippen LogP contribution is -2.13. The van der Waals surface area contributed by atoms with Crippen molar-refractivity contribution in [3.05, 3.63) is 71.5 Å². The fourth-order valence-corrected chi connectivity index (χ4v) is 5.19. The van der Waals surface area contributed by atoms with Crippen molar-refractivity contribution in [3.8, 4) is 11.1 Å². The van der Waals surface area contributed by atoms with Crippen molar-refractivity contribution in [2.24, 2.45) is 5.92 Å². The molecule has 0 amide bonds. The third-order valence-electron chi connectivity index (χ3n) is 7.18. The molecule has 0 N–H and O–H groups in total. The molecule has 158 valence electrons. The average molecular weight is 403 g/mol. The molecule has 0 aromatic heterocycles. The molecule has 0 nitrogen and oxygen atoms in total. The van der Waals surface area contributed by atoms with Gasteiger partial charge in [0.15, 0.2) is 0 Å². The van der Waals surface area contributed by atoms with Gasteiger partial charge in [-0.25, -0.2) is 4.39 Å². The highest BCUT2D eigenvalue weighted by atomic mass is 19.1. The van der Waals surface area contributed by atoms with Gasteiger partial charge in [-0.1, -0.05) is 94.1 Å². The molecule has 1 saturated carbocycles.